The second kappa shape index (κ2) is 5.48. The van der Waals surface area contributed by atoms with Gasteiger partial charge in [0.1, 0.15) is 17.3 Å². The lowest BCUT2D eigenvalue weighted by Crippen LogP contribution is -1.97. The van der Waals surface area contributed by atoms with Gasteiger partial charge in [0.2, 0.25) is 0 Å². The van der Waals surface area contributed by atoms with Gasteiger partial charge in [-0.15, -0.1) is 0 Å². The third kappa shape index (κ3) is 2.76. The van der Waals surface area contributed by atoms with Crippen LogP contribution in [0.3, 0.4) is 0 Å². The van der Waals surface area contributed by atoms with Crippen LogP contribution in [0.5, 0.6) is 11.5 Å². The molecule has 2 aromatic heterocycles. The van der Waals surface area contributed by atoms with Gasteiger partial charge in [0, 0.05) is 24.6 Å². The largest absolute Gasteiger partial charge is 0.453 e. The first kappa shape index (κ1) is 14.1. The summed E-state index contributed by atoms with van der Waals surface area (Å²) in [5.74, 6) is -1.45. The van der Waals surface area contributed by atoms with E-state index in [2.05, 4.69) is 9.97 Å². The number of benzene rings is 1. The highest BCUT2D eigenvalue weighted by molar-refractivity contribution is 5.95. The summed E-state index contributed by atoms with van der Waals surface area (Å²) in [5.41, 5.74) is 0.894. The number of nitrogens with zero attached hydrogens (tertiary/aromatic N) is 2. The van der Waals surface area contributed by atoms with Gasteiger partial charge in [0.25, 0.3) is 0 Å². The Bertz CT molecular complexity index is 881. The molecule has 0 aliphatic heterocycles. The molecule has 0 saturated heterocycles. The normalized spacial score (nSPS) is 10.7. The molecule has 0 radical (unpaired) electrons. The molecule has 110 valence electrons. The molecule has 0 bridgehead atoms. The molecule has 0 fully saturated rings. The molecule has 0 amide bonds. The van der Waals surface area contributed by atoms with Crippen LogP contribution in [0, 0.1) is 11.6 Å². The number of halogens is 2. The first-order valence-electron chi connectivity index (χ1n) is 6.42. The third-order valence-electron chi connectivity index (χ3n) is 3.02. The summed E-state index contributed by atoms with van der Waals surface area (Å²) in [4.78, 5) is 19.4. The van der Waals surface area contributed by atoms with Crippen molar-refractivity contribution in [2.24, 2.45) is 0 Å². The molecule has 0 atom stereocenters. The Balaban J connectivity index is 1.95. The Hall–Kier alpha value is -2.89. The monoisotopic (exact) mass is 300 g/mol. The Kier molecular flexibility index (Phi) is 3.50. The summed E-state index contributed by atoms with van der Waals surface area (Å²) in [5, 5.41) is 0.644. The number of hydrogen-bond acceptors (Lipinski definition) is 4. The van der Waals surface area contributed by atoms with E-state index >= 15 is 0 Å². The van der Waals surface area contributed by atoms with Crippen LogP contribution in [0.2, 0.25) is 0 Å². The highest BCUT2D eigenvalue weighted by Gasteiger charge is 2.08. The number of pyridine rings is 2. The van der Waals surface area contributed by atoms with Gasteiger partial charge in [0.15, 0.2) is 17.3 Å². The number of fused-ring (bicyclic) bond motifs is 1. The summed E-state index contributed by atoms with van der Waals surface area (Å²) in [6.45, 7) is 1.42. The Morgan fingerprint density at radius 2 is 1.91 bits per heavy atom. The highest BCUT2D eigenvalue weighted by atomic mass is 19.1. The minimum absolute atomic E-state index is 0.101. The van der Waals surface area contributed by atoms with Crippen LogP contribution in [-0.2, 0) is 0 Å². The summed E-state index contributed by atoms with van der Waals surface area (Å²) < 4.78 is 31.8. The standard InChI is InChI=1S/C16H10F2N2O2/c1-9(21)14-6-15-10(7-19-14)4-12(8-20-15)22-16-3-2-11(17)5-13(16)18/h2-8H,1H3. The lowest BCUT2D eigenvalue weighted by molar-refractivity contribution is 0.101. The van der Waals surface area contributed by atoms with Gasteiger partial charge in [-0.25, -0.2) is 8.78 Å². The molecule has 1 aromatic carbocycles. The lowest BCUT2D eigenvalue weighted by Gasteiger charge is -2.07. The molecule has 0 unspecified atom stereocenters. The van der Waals surface area contributed by atoms with E-state index < -0.39 is 11.6 Å². The maximum absolute atomic E-state index is 13.6. The number of carbonyl (C=O) groups is 1. The van der Waals surface area contributed by atoms with Crippen molar-refractivity contribution in [2.45, 2.75) is 6.92 Å². The maximum Gasteiger partial charge on any atom is 0.178 e. The van der Waals surface area contributed by atoms with Crippen molar-refractivity contribution in [3.8, 4) is 11.5 Å². The number of ether oxygens (including phenoxy) is 1. The fourth-order valence-electron chi connectivity index (χ4n) is 1.94. The maximum atomic E-state index is 13.6. The average molecular weight is 300 g/mol. The van der Waals surface area contributed by atoms with E-state index in [4.69, 9.17) is 4.74 Å². The smallest absolute Gasteiger partial charge is 0.178 e. The van der Waals surface area contributed by atoms with Crippen molar-refractivity contribution in [2.75, 3.05) is 0 Å². The van der Waals surface area contributed by atoms with Gasteiger partial charge < -0.3 is 4.74 Å². The van der Waals surface area contributed by atoms with E-state index in [1.807, 2.05) is 0 Å². The summed E-state index contributed by atoms with van der Waals surface area (Å²) >= 11 is 0. The number of ketones is 1. The van der Waals surface area contributed by atoms with Crippen LogP contribution in [-0.4, -0.2) is 15.8 Å². The van der Waals surface area contributed by atoms with Crippen molar-refractivity contribution >= 4 is 16.7 Å². The van der Waals surface area contributed by atoms with Gasteiger partial charge in [0.05, 0.1) is 11.7 Å². The number of rotatable bonds is 3. The second-order valence-corrected chi connectivity index (χ2v) is 4.67. The fraction of sp³-hybridized carbons (Fsp3) is 0.0625. The van der Waals surface area contributed by atoms with Gasteiger partial charge in [-0.3, -0.25) is 14.8 Å². The van der Waals surface area contributed by atoms with E-state index in [1.165, 1.54) is 25.4 Å². The predicted octanol–water partition coefficient (Wildman–Crippen LogP) is 3.90. The molecule has 0 saturated carbocycles. The number of hydrogen-bond donors (Lipinski definition) is 0. The van der Waals surface area contributed by atoms with Gasteiger partial charge in [-0.2, -0.15) is 0 Å². The quantitative estimate of drug-likeness (QED) is 0.688. The summed E-state index contributed by atoms with van der Waals surface area (Å²) in [6, 6.07) is 6.23. The Morgan fingerprint density at radius 1 is 1.09 bits per heavy atom. The third-order valence-corrected chi connectivity index (χ3v) is 3.02. The van der Waals surface area contributed by atoms with E-state index in [0.29, 0.717) is 16.6 Å². The first-order valence-corrected chi connectivity index (χ1v) is 6.42. The Morgan fingerprint density at radius 3 is 2.64 bits per heavy atom. The average Bonchev–Trinajstić information content (AvgIpc) is 2.49. The minimum atomic E-state index is -0.801. The SMILES string of the molecule is CC(=O)c1cc2ncc(Oc3ccc(F)cc3F)cc2cn1. The molecule has 2 heterocycles. The molecule has 0 spiro atoms. The number of carbonyl (C=O) groups excluding carboxylic acids is 1. The van der Waals surface area contributed by atoms with Crippen LogP contribution in [0.25, 0.3) is 10.9 Å². The molecular weight excluding hydrogens is 290 g/mol. The first-order chi connectivity index (χ1) is 10.5. The molecule has 22 heavy (non-hydrogen) atoms. The van der Waals surface area contributed by atoms with Crippen LogP contribution in [0.4, 0.5) is 8.78 Å². The minimum Gasteiger partial charge on any atom is -0.453 e. The molecular formula is C16H10F2N2O2. The van der Waals surface area contributed by atoms with E-state index in [0.717, 1.165) is 12.1 Å². The fourth-order valence-corrected chi connectivity index (χ4v) is 1.94. The van der Waals surface area contributed by atoms with Crippen LogP contribution in [0.1, 0.15) is 17.4 Å². The zero-order chi connectivity index (χ0) is 15.7. The zero-order valence-electron chi connectivity index (χ0n) is 11.5. The number of Topliss-reactive ketones (excluding diaryl/α,β-unsaturated/α-hetero) is 1. The van der Waals surface area contributed by atoms with Crippen molar-refractivity contribution in [1.82, 2.24) is 9.97 Å². The van der Waals surface area contributed by atoms with Crippen LogP contribution < -0.4 is 4.74 Å². The summed E-state index contributed by atoms with van der Waals surface area (Å²) in [6.07, 6.45) is 2.89. The molecule has 4 nitrogen and oxygen atoms in total. The van der Waals surface area contributed by atoms with E-state index in [1.54, 1.807) is 12.1 Å². The van der Waals surface area contributed by atoms with Crippen LogP contribution >= 0.6 is 0 Å². The van der Waals surface area contributed by atoms with Crippen molar-refractivity contribution in [3.05, 3.63) is 60.1 Å². The number of aromatic nitrogens is 2. The van der Waals surface area contributed by atoms with E-state index in [-0.39, 0.29) is 17.3 Å². The van der Waals surface area contributed by atoms with Gasteiger partial charge in [-0.05, 0) is 24.3 Å². The topological polar surface area (TPSA) is 52.1 Å². The molecule has 0 aliphatic carbocycles. The lowest BCUT2D eigenvalue weighted by atomic mass is 10.2. The molecule has 6 heteroatoms. The summed E-state index contributed by atoms with van der Waals surface area (Å²) in [7, 11) is 0. The van der Waals surface area contributed by atoms with E-state index in [9.17, 15) is 13.6 Å². The van der Waals surface area contributed by atoms with Crippen LogP contribution in [0.15, 0.2) is 42.7 Å². The second-order valence-electron chi connectivity index (χ2n) is 4.67. The molecule has 0 N–H and O–H groups in total. The zero-order valence-corrected chi connectivity index (χ0v) is 11.5. The van der Waals surface area contributed by atoms with Crippen molar-refractivity contribution in [3.63, 3.8) is 0 Å². The van der Waals surface area contributed by atoms with Crippen molar-refractivity contribution in [1.29, 1.82) is 0 Å². The van der Waals surface area contributed by atoms with Gasteiger partial charge >= 0.3 is 0 Å². The predicted molar refractivity (Wildman–Crippen MR) is 76.0 cm³/mol. The molecule has 3 rings (SSSR count). The highest BCUT2D eigenvalue weighted by Crippen LogP contribution is 2.26. The Labute approximate surface area is 124 Å². The molecule has 3 aromatic rings. The molecule has 0 aliphatic rings. The van der Waals surface area contributed by atoms with Crippen molar-refractivity contribution < 1.29 is 18.3 Å². The van der Waals surface area contributed by atoms with Gasteiger partial charge in [-0.1, -0.05) is 0 Å².